The molecule has 26 heavy (non-hydrogen) atoms. The van der Waals surface area contributed by atoms with Crippen molar-refractivity contribution in [2.45, 2.75) is 19.3 Å². The Balaban J connectivity index is 1.60. The Morgan fingerprint density at radius 1 is 0.962 bits per heavy atom. The summed E-state index contributed by atoms with van der Waals surface area (Å²) in [7, 11) is 3.12. The first-order valence-electron chi connectivity index (χ1n) is 9.09. The molecule has 6 nitrogen and oxygen atoms in total. The van der Waals surface area contributed by atoms with Gasteiger partial charge in [0.15, 0.2) is 11.5 Å². The maximum absolute atomic E-state index is 12.8. The predicted molar refractivity (Wildman–Crippen MR) is 98.5 cm³/mol. The Morgan fingerprint density at radius 2 is 1.65 bits per heavy atom. The molecule has 3 rings (SSSR count). The van der Waals surface area contributed by atoms with Gasteiger partial charge in [0.05, 0.1) is 14.2 Å². The van der Waals surface area contributed by atoms with Crippen LogP contribution in [0.3, 0.4) is 0 Å². The molecule has 1 saturated heterocycles. The maximum Gasteiger partial charge on any atom is 0.254 e. The van der Waals surface area contributed by atoms with Crippen molar-refractivity contribution >= 4 is 11.8 Å². The van der Waals surface area contributed by atoms with Crippen LogP contribution < -0.4 is 9.47 Å². The van der Waals surface area contributed by atoms with E-state index in [2.05, 4.69) is 12.2 Å². The molecule has 0 saturated carbocycles. The van der Waals surface area contributed by atoms with E-state index in [9.17, 15) is 9.59 Å². The Hall–Kier alpha value is -2.50. The molecule has 1 heterocycles. The number of hydrogen-bond acceptors (Lipinski definition) is 4. The number of allylic oxidation sites excluding steroid dienone is 2. The lowest BCUT2D eigenvalue weighted by Crippen LogP contribution is -2.52. The Kier molecular flexibility index (Phi) is 5.81. The SMILES string of the molecule is COc1ccc(C(=O)N2CCN(C(=O)C3CC=CCC3)CC2)cc1OC. The van der Waals surface area contributed by atoms with Crippen LogP contribution in [0.1, 0.15) is 29.6 Å². The monoisotopic (exact) mass is 358 g/mol. The Bertz CT molecular complexity index is 693. The van der Waals surface area contributed by atoms with Crippen molar-refractivity contribution in [1.82, 2.24) is 9.80 Å². The zero-order chi connectivity index (χ0) is 18.5. The van der Waals surface area contributed by atoms with E-state index < -0.39 is 0 Å². The lowest BCUT2D eigenvalue weighted by molar-refractivity contribution is -0.137. The summed E-state index contributed by atoms with van der Waals surface area (Å²) in [6.07, 6.45) is 6.99. The van der Waals surface area contributed by atoms with Crippen molar-refractivity contribution in [2.75, 3.05) is 40.4 Å². The van der Waals surface area contributed by atoms with Gasteiger partial charge in [-0.25, -0.2) is 0 Å². The number of nitrogens with zero attached hydrogens (tertiary/aromatic N) is 2. The van der Waals surface area contributed by atoms with Crippen LogP contribution in [-0.2, 0) is 4.79 Å². The summed E-state index contributed by atoms with van der Waals surface area (Å²) < 4.78 is 10.5. The second kappa shape index (κ2) is 8.25. The molecule has 0 bridgehead atoms. The van der Waals surface area contributed by atoms with Crippen LogP contribution in [0.25, 0.3) is 0 Å². The van der Waals surface area contributed by atoms with E-state index in [1.807, 2.05) is 4.90 Å². The van der Waals surface area contributed by atoms with E-state index in [1.54, 1.807) is 37.3 Å². The number of hydrogen-bond donors (Lipinski definition) is 0. The summed E-state index contributed by atoms with van der Waals surface area (Å²) in [6.45, 7) is 2.30. The topological polar surface area (TPSA) is 59.1 Å². The second-order valence-electron chi connectivity index (χ2n) is 6.67. The molecule has 1 unspecified atom stereocenters. The van der Waals surface area contributed by atoms with Gasteiger partial charge in [0.1, 0.15) is 0 Å². The molecule has 140 valence electrons. The smallest absolute Gasteiger partial charge is 0.254 e. The summed E-state index contributed by atoms with van der Waals surface area (Å²) in [5, 5.41) is 0. The van der Waals surface area contributed by atoms with Crippen molar-refractivity contribution < 1.29 is 19.1 Å². The van der Waals surface area contributed by atoms with Crippen molar-refractivity contribution in [3.8, 4) is 11.5 Å². The third kappa shape index (κ3) is 3.84. The van der Waals surface area contributed by atoms with Crippen molar-refractivity contribution in [3.63, 3.8) is 0 Å². The molecule has 1 aliphatic heterocycles. The van der Waals surface area contributed by atoms with Gasteiger partial charge < -0.3 is 19.3 Å². The average Bonchev–Trinajstić information content (AvgIpc) is 2.73. The minimum Gasteiger partial charge on any atom is -0.493 e. The van der Waals surface area contributed by atoms with Gasteiger partial charge in [-0.2, -0.15) is 0 Å². The average molecular weight is 358 g/mol. The van der Waals surface area contributed by atoms with Gasteiger partial charge in [0.25, 0.3) is 5.91 Å². The van der Waals surface area contributed by atoms with Gasteiger partial charge in [-0.05, 0) is 37.5 Å². The first-order chi connectivity index (χ1) is 12.6. The molecule has 1 aromatic carbocycles. The molecule has 1 atom stereocenters. The van der Waals surface area contributed by atoms with Gasteiger partial charge in [-0.3, -0.25) is 9.59 Å². The van der Waals surface area contributed by atoms with Crippen LogP contribution in [0.2, 0.25) is 0 Å². The molecular formula is C20H26N2O4. The number of rotatable bonds is 4. The summed E-state index contributed by atoms with van der Waals surface area (Å²) in [5.41, 5.74) is 0.569. The molecule has 0 N–H and O–H groups in total. The normalized spacial score (nSPS) is 20.0. The largest absolute Gasteiger partial charge is 0.493 e. The number of piperazine rings is 1. The van der Waals surface area contributed by atoms with E-state index in [1.165, 1.54) is 0 Å². The highest BCUT2D eigenvalue weighted by Gasteiger charge is 2.29. The van der Waals surface area contributed by atoms with Crippen LogP contribution in [0.4, 0.5) is 0 Å². The van der Waals surface area contributed by atoms with Gasteiger partial charge in [-0.1, -0.05) is 12.2 Å². The number of ether oxygens (including phenoxy) is 2. The second-order valence-corrected chi connectivity index (χ2v) is 6.67. The standard InChI is InChI=1S/C20H26N2O4/c1-25-17-9-8-16(14-18(17)26-2)20(24)22-12-10-21(11-13-22)19(23)15-6-4-3-5-7-15/h3-4,8-9,14-15H,5-7,10-13H2,1-2H3. The maximum atomic E-state index is 12.8. The number of benzene rings is 1. The third-order valence-electron chi connectivity index (χ3n) is 5.13. The van der Waals surface area contributed by atoms with Crippen LogP contribution >= 0.6 is 0 Å². The molecule has 0 aromatic heterocycles. The molecule has 0 spiro atoms. The van der Waals surface area contributed by atoms with E-state index in [-0.39, 0.29) is 17.7 Å². The quantitative estimate of drug-likeness (QED) is 0.775. The van der Waals surface area contributed by atoms with Gasteiger partial charge in [0, 0.05) is 37.7 Å². The highest BCUT2D eigenvalue weighted by molar-refractivity contribution is 5.95. The lowest BCUT2D eigenvalue weighted by atomic mass is 9.93. The molecule has 2 amide bonds. The highest BCUT2D eigenvalue weighted by atomic mass is 16.5. The number of carbonyl (C=O) groups excluding carboxylic acids is 2. The van der Waals surface area contributed by atoms with E-state index in [0.717, 1.165) is 19.3 Å². The van der Waals surface area contributed by atoms with Crippen molar-refractivity contribution in [1.29, 1.82) is 0 Å². The fourth-order valence-corrected chi connectivity index (χ4v) is 3.56. The van der Waals surface area contributed by atoms with Gasteiger partial charge in [0.2, 0.25) is 5.91 Å². The van der Waals surface area contributed by atoms with E-state index in [4.69, 9.17) is 9.47 Å². The molecule has 1 fully saturated rings. The zero-order valence-electron chi connectivity index (χ0n) is 15.4. The Labute approximate surface area is 154 Å². The number of methoxy groups -OCH3 is 2. The highest BCUT2D eigenvalue weighted by Crippen LogP contribution is 2.28. The molecule has 1 aromatic rings. The summed E-state index contributed by atoms with van der Waals surface area (Å²) >= 11 is 0. The van der Waals surface area contributed by atoms with Crippen LogP contribution in [0.5, 0.6) is 11.5 Å². The first kappa shape index (κ1) is 18.3. The summed E-state index contributed by atoms with van der Waals surface area (Å²) in [4.78, 5) is 29.1. The van der Waals surface area contributed by atoms with Crippen LogP contribution in [-0.4, -0.2) is 62.0 Å². The summed E-state index contributed by atoms with van der Waals surface area (Å²) in [6, 6.07) is 5.19. The van der Waals surface area contributed by atoms with Crippen LogP contribution in [0, 0.1) is 5.92 Å². The first-order valence-corrected chi connectivity index (χ1v) is 9.09. The molecule has 2 aliphatic rings. The molecule has 0 radical (unpaired) electrons. The zero-order valence-corrected chi connectivity index (χ0v) is 15.4. The lowest BCUT2D eigenvalue weighted by Gasteiger charge is -2.36. The minimum absolute atomic E-state index is 0.0429. The van der Waals surface area contributed by atoms with Crippen molar-refractivity contribution in [2.24, 2.45) is 5.92 Å². The molecule has 6 heteroatoms. The fourth-order valence-electron chi connectivity index (χ4n) is 3.56. The number of amides is 2. The van der Waals surface area contributed by atoms with E-state index >= 15 is 0 Å². The molecular weight excluding hydrogens is 332 g/mol. The summed E-state index contributed by atoms with van der Waals surface area (Å²) in [5.74, 6) is 1.43. The predicted octanol–water partition coefficient (Wildman–Crippen LogP) is 2.34. The third-order valence-corrected chi connectivity index (χ3v) is 5.13. The minimum atomic E-state index is -0.0429. The fraction of sp³-hybridized carbons (Fsp3) is 0.500. The Morgan fingerprint density at radius 3 is 2.27 bits per heavy atom. The number of carbonyl (C=O) groups is 2. The van der Waals surface area contributed by atoms with Gasteiger partial charge >= 0.3 is 0 Å². The van der Waals surface area contributed by atoms with E-state index in [0.29, 0.717) is 43.2 Å². The van der Waals surface area contributed by atoms with Gasteiger partial charge in [-0.15, -0.1) is 0 Å². The van der Waals surface area contributed by atoms with Crippen LogP contribution in [0.15, 0.2) is 30.4 Å². The molecule has 1 aliphatic carbocycles. The van der Waals surface area contributed by atoms with Crippen molar-refractivity contribution in [3.05, 3.63) is 35.9 Å².